The van der Waals surface area contributed by atoms with Gasteiger partial charge < -0.3 is 27.4 Å². The Bertz CT molecular complexity index is 1060. The highest BCUT2D eigenvalue weighted by molar-refractivity contribution is 6.33. The topological polar surface area (TPSA) is 173 Å². The third-order valence-corrected chi connectivity index (χ3v) is 5.17. The zero-order valence-electron chi connectivity index (χ0n) is 18.4. The van der Waals surface area contributed by atoms with Crippen molar-refractivity contribution < 1.29 is 24.0 Å². The van der Waals surface area contributed by atoms with E-state index in [0.717, 1.165) is 5.56 Å². The minimum Gasteiger partial charge on any atom is -0.370 e. The van der Waals surface area contributed by atoms with Crippen LogP contribution in [0.25, 0.3) is 0 Å². The average Bonchev–Trinajstić information content (AvgIpc) is 2.78. The maximum atomic E-state index is 13.0. The number of hydrogen-bond donors (Lipinski definition) is 5. The molecule has 0 aromatic heterocycles. The molecule has 2 aromatic rings. The van der Waals surface area contributed by atoms with E-state index in [9.17, 15) is 24.0 Å². The van der Waals surface area contributed by atoms with Crippen LogP contribution >= 0.6 is 11.6 Å². The molecule has 34 heavy (non-hydrogen) atoms. The highest BCUT2D eigenvalue weighted by atomic mass is 35.5. The lowest BCUT2D eigenvalue weighted by Gasteiger charge is -2.23. The highest BCUT2D eigenvalue weighted by Crippen LogP contribution is 2.15. The minimum absolute atomic E-state index is 0.142. The maximum Gasteiger partial charge on any atom is 0.253 e. The zero-order valence-corrected chi connectivity index (χ0v) is 19.2. The van der Waals surface area contributed by atoms with Crippen molar-refractivity contribution in [3.63, 3.8) is 0 Å². The predicted molar refractivity (Wildman–Crippen MR) is 125 cm³/mol. The Morgan fingerprint density at radius 3 is 2.03 bits per heavy atom. The van der Waals surface area contributed by atoms with E-state index in [2.05, 4.69) is 16.0 Å². The summed E-state index contributed by atoms with van der Waals surface area (Å²) in [6.07, 6.45) is -0.338. The van der Waals surface area contributed by atoms with Gasteiger partial charge in [0.2, 0.25) is 23.6 Å². The Morgan fingerprint density at radius 2 is 1.44 bits per heavy atom. The molecular formula is C23H26ClN5O5. The molecule has 0 unspecified atom stereocenters. The Kier molecular flexibility index (Phi) is 9.57. The Hall–Kier alpha value is -3.92. The first-order valence-corrected chi connectivity index (χ1v) is 10.7. The second-order valence-corrected chi connectivity index (χ2v) is 7.97. The fourth-order valence-electron chi connectivity index (χ4n) is 3.04. The molecule has 0 bridgehead atoms. The van der Waals surface area contributed by atoms with Crippen LogP contribution in [0.1, 0.15) is 29.3 Å². The van der Waals surface area contributed by atoms with Crippen molar-refractivity contribution in [2.75, 3.05) is 0 Å². The monoisotopic (exact) mass is 487 g/mol. The minimum atomic E-state index is -1.32. The van der Waals surface area contributed by atoms with Gasteiger partial charge in [0.25, 0.3) is 5.91 Å². The lowest BCUT2D eigenvalue weighted by molar-refractivity contribution is -0.132. The normalized spacial score (nSPS) is 13.1. The number of hydrogen-bond acceptors (Lipinski definition) is 5. The second-order valence-electron chi connectivity index (χ2n) is 7.56. The third-order valence-electron chi connectivity index (χ3n) is 4.84. The zero-order chi connectivity index (χ0) is 25.3. The van der Waals surface area contributed by atoms with Crippen molar-refractivity contribution in [1.29, 1.82) is 0 Å². The van der Waals surface area contributed by atoms with Gasteiger partial charge in [-0.1, -0.05) is 54.1 Å². The van der Waals surface area contributed by atoms with E-state index in [1.807, 2.05) is 6.07 Å². The van der Waals surface area contributed by atoms with Crippen LogP contribution in [0.2, 0.25) is 5.02 Å². The van der Waals surface area contributed by atoms with E-state index in [0.29, 0.717) is 0 Å². The summed E-state index contributed by atoms with van der Waals surface area (Å²) < 4.78 is 0. The summed E-state index contributed by atoms with van der Waals surface area (Å²) in [7, 11) is 0. The molecule has 11 heteroatoms. The van der Waals surface area contributed by atoms with Gasteiger partial charge in [0, 0.05) is 6.42 Å². The molecule has 0 saturated heterocycles. The maximum absolute atomic E-state index is 13.0. The van der Waals surface area contributed by atoms with E-state index >= 15 is 0 Å². The summed E-state index contributed by atoms with van der Waals surface area (Å²) in [5, 5.41) is 7.65. The Balaban J connectivity index is 2.14. The summed E-state index contributed by atoms with van der Waals surface area (Å²) in [4.78, 5) is 60.8. The van der Waals surface area contributed by atoms with Gasteiger partial charge in [0.1, 0.15) is 18.1 Å². The van der Waals surface area contributed by atoms with Crippen molar-refractivity contribution in [1.82, 2.24) is 16.0 Å². The Labute approximate surface area is 201 Å². The summed E-state index contributed by atoms with van der Waals surface area (Å²) in [6, 6.07) is 11.9. The molecule has 0 fully saturated rings. The van der Waals surface area contributed by atoms with Crippen molar-refractivity contribution in [3.05, 3.63) is 70.7 Å². The molecule has 3 atom stereocenters. The van der Waals surface area contributed by atoms with Crippen molar-refractivity contribution in [3.8, 4) is 0 Å². The fraction of sp³-hybridized carbons (Fsp3) is 0.261. The van der Waals surface area contributed by atoms with Gasteiger partial charge in [-0.3, -0.25) is 24.0 Å². The number of primary amides is 2. The van der Waals surface area contributed by atoms with Gasteiger partial charge in [0.05, 0.1) is 17.0 Å². The molecule has 0 heterocycles. The fourth-order valence-corrected chi connectivity index (χ4v) is 3.26. The average molecular weight is 488 g/mol. The molecular weight excluding hydrogens is 462 g/mol. The third kappa shape index (κ3) is 7.89. The number of carbonyl (C=O) groups excluding carboxylic acids is 5. The number of amides is 5. The molecule has 0 radical (unpaired) electrons. The molecule has 180 valence electrons. The number of carbonyl (C=O) groups is 5. The van der Waals surface area contributed by atoms with Crippen molar-refractivity contribution in [2.24, 2.45) is 11.5 Å². The SMILES string of the molecule is C[C@H](NC(=O)[C@H](Cc1ccccc1)NC(=O)c1ccccc1Cl)C(=O)N[C@@H](CC(N)=O)C(N)=O. The number of halogens is 1. The van der Waals surface area contributed by atoms with Crippen LogP contribution in [0.4, 0.5) is 0 Å². The van der Waals surface area contributed by atoms with Gasteiger partial charge in [-0.15, -0.1) is 0 Å². The van der Waals surface area contributed by atoms with Crippen LogP contribution in [-0.2, 0) is 25.6 Å². The molecule has 0 saturated carbocycles. The van der Waals surface area contributed by atoms with Gasteiger partial charge in [-0.25, -0.2) is 0 Å². The Morgan fingerprint density at radius 1 is 0.824 bits per heavy atom. The van der Waals surface area contributed by atoms with Gasteiger partial charge in [-0.05, 0) is 24.6 Å². The molecule has 0 spiro atoms. The number of rotatable bonds is 11. The molecule has 0 aliphatic rings. The first-order chi connectivity index (χ1) is 16.1. The van der Waals surface area contributed by atoms with Crippen LogP contribution in [0.3, 0.4) is 0 Å². The number of benzene rings is 2. The van der Waals surface area contributed by atoms with E-state index in [-0.39, 0.29) is 17.0 Å². The van der Waals surface area contributed by atoms with E-state index < -0.39 is 54.1 Å². The summed E-state index contributed by atoms with van der Waals surface area (Å²) in [5.41, 5.74) is 11.2. The number of nitrogens with two attached hydrogens (primary N) is 2. The van der Waals surface area contributed by atoms with Crippen LogP contribution in [-0.4, -0.2) is 47.7 Å². The molecule has 10 nitrogen and oxygen atoms in total. The van der Waals surface area contributed by atoms with Gasteiger partial charge in [-0.2, -0.15) is 0 Å². The highest BCUT2D eigenvalue weighted by Gasteiger charge is 2.28. The second kappa shape index (κ2) is 12.4. The van der Waals surface area contributed by atoms with Crippen LogP contribution in [0.5, 0.6) is 0 Å². The van der Waals surface area contributed by atoms with Gasteiger partial charge >= 0.3 is 0 Å². The van der Waals surface area contributed by atoms with Gasteiger partial charge in [0.15, 0.2) is 0 Å². The quantitative estimate of drug-likeness (QED) is 0.300. The summed E-state index contributed by atoms with van der Waals surface area (Å²) in [6.45, 7) is 1.38. The van der Waals surface area contributed by atoms with Crippen LogP contribution in [0, 0.1) is 0 Å². The van der Waals surface area contributed by atoms with Crippen LogP contribution in [0.15, 0.2) is 54.6 Å². The first-order valence-electron chi connectivity index (χ1n) is 10.4. The van der Waals surface area contributed by atoms with E-state index in [4.69, 9.17) is 23.1 Å². The summed E-state index contributed by atoms with van der Waals surface area (Å²) >= 11 is 6.09. The van der Waals surface area contributed by atoms with Crippen molar-refractivity contribution in [2.45, 2.75) is 37.9 Å². The standard InChI is InChI=1S/C23H26ClN5O5/c1-13(21(32)28-17(20(26)31)12-19(25)30)27-23(34)18(11-14-7-3-2-4-8-14)29-22(33)15-9-5-6-10-16(15)24/h2-10,13,17-18H,11-12H2,1H3,(H2,25,30)(H2,26,31)(H,27,34)(H,28,32)(H,29,33)/t13-,17-,18-/m0/s1. The van der Waals surface area contributed by atoms with Crippen molar-refractivity contribution >= 4 is 41.1 Å². The first kappa shape index (κ1) is 26.3. The molecule has 2 rings (SSSR count). The number of nitrogens with one attached hydrogen (secondary N) is 3. The summed E-state index contributed by atoms with van der Waals surface area (Å²) in [5.74, 6) is -3.73. The molecule has 5 amide bonds. The molecule has 7 N–H and O–H groups in total. The largest absolute Gasteiger partial charge is 0.370 e. The molecule has 2 aromatic carbocycles. The van der Waals surface area contributed by atoms with Crippen LogP contribution < -0.4 is 27.4 Å². The van der Waals surface area contributed by atoms with E-state index in [1.54, 1.807) is 42.5 Å². The lowest BCUT2D eigenvalue weighted by atomic mass is 10.0. The lowest BCUT2D eigenvalue weighted by Crippen LogP contribution is -2.56. The smallest absolute Gasteiger partial charge is 0.253 e. The predicted octanol–water partition coefficient (Wildman–Crippen LogP) is 0.0313. The molecule has 0 aliphatic heterocycles. The van der Waals surface area contributed by atoms with E-state index in [1.165, 1.54) is 13.0 Å². The molecule has 0 aliphatic carbocycles.